The van der Waals surface area contributed by atoms with Gasteiger partial charge in [-0.25, -0.2) is 0 Å². The van der Waals surface area contributed by atoms with Crippen LogP contribution in [0.2, 0.25) is 0 Å². The maximum absolute atomic E-state index is 12.2. The van der Waals surface area contributed by atoms with Crippen molar-refractivity contribution in [1.82, 2.24) is 9.47 Å². The lowest BCUT2D eigenvalue weighted by molar-refractivity contribution is -0.385. The molecule has 0 radical (unpaired) electrons. The van der Waals surface area contributed by atoms with Crippen molar-refractivity contribution in [3.8, 4) is 0 Å². The van der Waals surface area contributed by atoms with Crippen molar-refractivity contribution in [2.24, 2.45) is 0 Å². The van der Waals surface area contributed by atoms with Crippen LogP contribution in [0.5, 0.6) is 0 Å². The summed E-state index contributed by atoms with van der Waals surface area (Å²) in [6.45, 7) is 4.44. The summed E-state index contributed by atoms with van der Waals surface area (Å²) >= 11 is 0. The molecule has 1 aromatic rings. The van der Waals surface area contributed by atoms with E-state index in [1.54, 1.807) is 4.90 Å². The summed E-state index contributed by atoms with van der Waals surface area (Å²) in [6.07, 6.45) is 0.951. The lowest BCUT2D eigenvalue weighted by Gasteiger charge is -2.35. The highest BCUT2D eigenvalue weighted by atomic mass is 16.6. The second-order valence-electron chi connectivity index (χ2n) is 5.17. The number of nitro groups is 1. The number of hydrogen-bond acceptors (Lipinski definition) is 5. The van der Waals surface area contributed by atoms with E-state index in [0.29, 0.717) is 13.1 Å². The number of nitrogens with zero attached hydrogens (tertiary/aromatic N) is 3. The molecule has 1 saturated heterocycles. The van der Waals surface area contributed by atoms with Crippen LogP contribution in [0.1, 0.15) is 13.8 Å². The van der Waals surface area contributed by atoms with Gasteiger partial charge in [0.15, 0.2) is 0 Å². The van der Waals surface area contributed by atoms with E-state index in [2.05, 4.69) is 0 Å². The fourth-order valence-electron chi connectivity index (χ4n) is 2.38. The summed E-state index contributed by atoms with van der Waals surface area (Å²) in [5.74, 6) is -0.250. The third kappa shape index (κ3) is 3.66. The van der Waals surface area contributed by atoms with E-state index < -0.39 is 10.5 Å². The van der Waals surface area contributed by atoms with Crippen LogP contribution in [-0.2, 0) is 16.1 Å². The van der Waals surface area contributed by atoms with Gasteiger partial charge in [-0.15, -0.1) is 0 Å². The van der Waals surface area contributed by atoms with Gasteiger partial charge in [0.1, 0.15) is 6.54 Å². The summed E-state index contributed by atoms with van der Waals surface area (Å²) in [5, 5.41) is 10.7. The number of carbonyl (C=O) groups excluding carboxylic acids is 1. The molecule has 114 valence electrons. The van der Waals surface area contributed by atoms with Crippen LogP contribution in [-0.4, -0.2) is 45.6 Å². The molecule has 8 nitrogen and oxygen atoms in total. The predicted molar refractivity (Wildman–Crippen MR) is 73.9 cm³/mol. The molecule has 8 heteroatoms. The summed E-state index contributed by atoms with van der Waals surface area (Å²) in [4.78, 5) is 35.7. The molecule has 1 aromatic heterocycles. The summed E-state index contributed by atoms with van der Waals surface area (Å²) in [5.41, 5.74) is -0.658. The van der Waals surface area contributed by atoms with Gasteiger partial charge in [-0.3, -0.25) is 24.3 Å². The van der Waals surface area contributed by atoms with E-state index in [4.69, 9.17) is 4.74 Å². The van der Waals surface area contributed by atoms with Crippen molar-refractivity contribution in [2.45, 2.75) is 32.6 Å². The van der Waals surface area contributed by atoms with Gasteiger partial charge in [-0.2, -0.15) is 0 Å². The van der Waals surface area contributed by atoms with Crippen molar-refractivity contribution in [2.75, 3.05) is 13.1 Å². The van der Waals surface area contributed by atoms with Gasteiger partial charge in [0.2, 0.25) is 5.91 Å². The molecule has 0 aromatic carbocycles. The highest BCUT2D eigenvalue weighted by Crippen LogP contribution is 2.12. The van der Waals surface area contributed by atoms with Crippen LogP contribution in [0.3, 0.4) is 0 Å². The fraction of sp³-hybridized carbons (Fsp3) is 0.538. The summed E-state index contributed by atoms with van der Waals surface area (Å²) in [7, 11) is 0. The average molecular weight is 295 g/mol. The normalized spacial score (nSPS) is 22.1. The minimum atomic E-state index is -0.598. The van der Waals surface area contributed by atoms with Crippen molar-refractivity contribution in [3.05, 3.63) is 38.8 Å². The Morgan fingerprint density at radius 2 is 2.00 bits per heavy atom. The second-order valence-corrected chi connectivity index (χ2v) is 5.17. The third-order valence-electron chi connectivity index (χ3n) is 3.26. The van der Waals surface area contributed by atoms with Crippen LogP contribution < -0.4 is 5.56 Å². The van der Waals surface area contributed by atoms with Gasteiger partial charge >= 0.3 is 0 Å². The van der Waals surface area contributed by atoms with Gasteiger partial charge in [-0.1, -0.05) is 0 Å². The number of pyridine rings is 1. The van der Waals surface area contributed by atoms with Crippen molar-refractivity contribution in [1.29, 1.82) is 0 Å². The van der Waals surface area contributed by atoms with E-state index in [1.165, 1.54) is 0 Å². The van der Waals surface area contributed by atoms with Gasteiger partial charge in [0, 0.05) is 25.2 Å². The molecule has 0 unspecified atom stereocenters. The van der Waals surface area contributed by atoms with Gasteiger partial charge in [0.05, 0.1) is 23.3 Å². The molecule has 1 aliphatic rings. The third-order valence-corrected chi connectivity index (χ3v) is 3.26. The highest BCUT2D eigenvalue weighted by Gasteiger charge is 2.26. The predicted octanol–water partition coefficient (Wildman–Crippen LogP) is 0.392. The topological polar surface area (TPSA) is 94.7 Å². The Balaban J connectivity index is 2.14. The van der Waals surface area contributed by atoms with E-state index in [0.717, 1.165) is 22.9 Å². The molecule has 0 N–H and O–H groups in total. The number of amides is 1. The number of ether oxygens (including phenoxy) is 1. The Kier molecular flexibility index (Phi) is 4.37. The minimum absolute atomic E-state index is 0.0699. The Morgan fingerprint density at radius 3 is 2.57 bits per heavy atom. The first-order chi connectivity index (χ1) is 9.86. The Hall–Kier alpha value is -2.22. The zero-order chi connectivity index (χ0) is 15.6. The first-order valence-electron chi connectivity index (χ1n) is 6.65. The zero-order valence-electron chi connectivity index (χ0n) is 11.9. The van der Waals surface area contributed by atoms with Gasteiger partial charge < -0.3 is 9.64 Å². The first-order valence-corrected chi connectivity index (χ1v) is 6.65. The molecule has 2 atom stereocenters. The molecular weight excluding hydrogens is 278 g/mol. The molecular formula is C13H17N3O5. The molecule has 21 heavy (non-hydrogen) atoms. The molecule has 0 spiro atoms. The highest BCUT2D eigenvalue weighted by molar-refractivity contribution is 5.76. The Bertz CT molecular complexity index is 602. The average Bonchev–Trinajstić information content (AvgIpc) is 2.39. The quantitative estimate of drug-likeness (QED) is 0.594. The van der Waals surface area contributed by atoms with Crippen LogP contribution in [0.25, 0.3) is 0 Å². The minimum Gasteiger partial charge on any atom is -0.372 e. The van der Waals surface area contributed by atoms with Crippen LogP contribution in [0.4, 0.5) is 5.69 Å². The fourth-order valence-corrected chi connectivity index (χ4v) is 2.38. The van der Waals surface area contributed by atoms with Crippen molar-refractivity contribution >= 4 is 11.6 Å². The van der Waals surface area contributed by atoms with Crippen LogP contribution >= 0.6 is 0 Å². The summed E-state index contributed by atoms with van der Waals surface area (Å²) in [6, 6.07) is 2.22. The molecule has 0 saturated carbocycles. The van der Waals surface area contributed by atoms with E-state index in [1.807, 2.05) is 13.8 Å². The number of hydrogen-bond donors (Lipinski definition) is 0. The van der Waals surface area contributed by atoms with Crippen LogP contribution in [0.15, 0.2) is 23.1 Å². The van der Waals surface area contributed by atoms with Crippen molar-refractivity contribution < 1.29 is 14.5 Å². The zero-order valence-corrected chi connectivity index (χ0v) is 11.9. The molecule has 2 heterocycles. The maximum Gasteiger partial charge on any atom is 0.285 e. The molecule has 1 amide bonds. The SMILES string of the molecule is C[C@H]1CN(C(=O)Cn2cc([N+](=O)[O-])ccc2=O)C[C@H](C)O1. The van der Waals surface area contributed by atoms with Gasteiger partial charge in [-0.05, 0) is 13.8 Å². The lowest BCUT2D eigenvalue weighted by atomic mass is 10.2. The van der Waals surface area contributed by atoms with Gasteiger partial charge in [0.25, 0.3) is 11.2 Å². The Morgan fingerprint density at radius 1 is 1.38 bits per heavy atom. The molecule has 1 aliphatic heterocycles. The maximum atomic E-state index is 12.2. The Labute approximate surface area is 121 Å². The standard InChI is InChI=1S/C13H17N3O5/c1-9-5-14(6-10(2)21-9)13(18)8-15-7-11(16(19)20)3-4-12(15)17/h3-4,7,9-10H,5-6,8H2,1-2H3/t9-,10-/m0/s1. The smallest absolute Gasteiger partial charge is 0.285 e. The molecule has 0 bridgehead atoms. The lowest BCUT2D eigenvalue weighted by Crippen LogP contribution is -2.49. The monoisotopic (exact) mass is 295 g/mol. The molecule has 1 fully saturated rings. The van der Waals surface area contributed by atoms with Crippen LogP contribution in [0, 0.1) is 10.1 Å². The van der Waals surface area contributed by atoms with E-state index in [9.17, 15) is 19.7 Å². The second kappa shape index (κ2) is 6.04. The van der Waals surface area contributed by atoms with Crippen molar-refractivity contribution in [3.63, 3.8) is 0 Å². The molecule has 0 aliphatic carbocycles. The number of morpholine rings is 1. The first kappa shape index (κ1) is 15.2. The largest absolute Gasteiger partial charge is 0.372 e. The molecule has 2 rings (SSSR count). The summed E-state index contributed by atoms with van der Waals surface area (Å²) < 4.78 is 6.60. The number of aromatic nitrogens is 1. The number of carbonyl (C=O) groups is 1. The van der Waals surface area contributed by atoms with E-state index >= 15 is 0 Å². The van der Waals surface area contributed by atoms with E-state index in [-0.39, 0.29) is 30.3 Å². The number of rotatable bonds is 3.